The van der Waals surface area contributed by atoms with Crippen molar-refractivity contribution in [2.24, 2.45) is 35.5 Å². The quantitative estimate of drug-likeness (QED) is 0.420. The van der Waals surface area contributed by atoms with E-state index < -0.39 is 17.8 Å². The van der Waals surface area contributed by atoms with E-state index in [0.29, 0.717) is 24.0 Å². The standard InChI is InChI=1S/C22H24O5/c1-2-10-26-21(24)19-14-8-9-15(17-11-16(14)17)20(19)22(25)27-12-18(23)13-6-4-3-5-7-13/h3-9,14-17,19-20H,2,10-12H2,1H3/t14-,15+,16+,17+,19+,20-/m0/s1. The molecule has 4 aliphatic carbocycles. The molecule has 1 aromatic rings. The summed E-state index contributed by atoms with van der Waals surface area (Å²) in [5.41, 5.74) is 0.511. The minimum atomic E-state index is -0.545. The predicted octanol–water partition coefficient (Wildman–Crippen LogP) is 3.05. The Bertz CT molecular complexity index is 768. The number of allylic oxidation sites excluding steroid dienone is 2. The third-order valence-electron chi connectivity index (χ3n) is 6.09. The monoisotopic (exact) mass is 368 g/mol. The second kappa shape index (κ2) is 7.29. The molecule has 0 radical (unpaired) electrons. The normalized spacial score (nSPS) is 32.5. The number of hydrogen-bond donors (Lipinski definition) is 0. The zero-order valence-electron chi connectivity index (χ0n) is 15.4. The molecule has 0 amide bonds. The van der Waals surface area contributed by atoms with Crippen LogP contribution in [0.3, 0.4) is 0 Å². The molecule has 4 aliphatic rings. The molecule has 5 heteroatoms. The Balaban J connectivity index is 1.46. The zero-order chi connectivity index (χ0) is 19.0. The highest BCUT2D eigenvalue weighted by molar-refractivity contribution is 5.98. The maximum absolute atomic E-state index is 12.9. The molecule has 0 N–H and O–H groups in total. The summed E-state index contributed by atoms with van der Waals surface area (Å²) < 4.78 is 10.7. The van der Waals surface area contributed by atoms with Crippen LogP contribution in [0.2, 0.25) is 0 Å². The van der Waals surface area contributed by atoms with Gasteiger partial charge < -0.3 is 9.47 Å². The molecule has 2 fully saturated rings. The van der Waals surface area contributed by atoms with Gasteiger partial charge >= 0.3 is 11.9 Å². The van der Waals surface area contributed by atoms with E-state index in [-0.39, 0.29) is 30.2 Å². The van der Waals surface area contributed by atoms with Crippen LogP contribution in [0.25, 0.3) is 0 Å². The molecule has 0 heterocycles. The molecular weight excluding hydrogens is 344 g/mol. The molecular formula is C22H24O5. The lowest BCUT2D eigenvalue weighted by molar-refractivity contribution is -0.167. The molecule has 142 valence electrons. The summed E-state index contributed by atoms with van der Waals surface area (Å²) in [5.74, 6) is -1.04. The van der Waals surface area contributed by atoms with Gasteiger partial charge in [0.15, 0.2) is 12.4 Å². The molecule has 6 atom stereocenters. The number of fused-ring (bicyclic) bond motifs is 1. The van der Waals surface area contributed by atoms with Crippen molar-refractivity contribution >= 4 is 17.7 Å². The number of esters is 2. The van der Waals surface area contributed by atoms with Gasteiger partial charge in [-0.25, -0.2) is 0 Å². The predicted molar refractivity (Wildman–Crippen MR) is 97.7 cm³/mol. The molecule has 5 nitrogen and oxygen atoms in total. The van der Waals surface area contributed by atoms with E-state index in [1.54, 1.807) is 24.3 Å². The van der Waals surface area contributed by atoms with Crippen LogP contribution in [-0.2, 0) is 19.1 Å². The molecule has 0 saturated heterocycles. The van der Waals surface area contributed by atoms with E-state index >= 15 is 0 Å². The molecule has 1 aromatic carbocycles. The zero-order valence-corrected chi connectivity index (χ0v) is 15.4. The first-order chi connectivity index (χ1) is 13.1. The highest BCUT2D eigenvalue weighted by Gasteiger charge is 2.63. The maximum atomic E-state index is 12.9. The van der Waals surface area contributed by atoms with Crippen molar-refractivity contribution in [1.29, 1.82) is 0 Å². The molecule has 0 spiro atoms. The Kier molecular flexibility index (Phi) is 4.85. The van der Waals surface area contributed by atoms with Crippen LogP contribution in [0.5, 0.6) is 0 Å². The van der Waals surface area contributed by atoms with Crippen molar-refractivity contribution in [3.05, 3.63) is 48.0 Å². The minimum absolute atomic E-state index is 0.0125. The van der Waals surface area contributed by atoms with E-state index in [0.717, 1.165) is 12.8 Å². The van der Waals surface area contributed by atoms with Gasteiger partial charge in [-0.1, -0.05) is 49.4 Å². The lowest BCUT2D eigenvalue weighted by atomic mass is 9.62. The molecule has 2 saturated carbocycles. The Labute approximate surface area is 158 Å². The van der Waals surface area contributed by atoms with Gasteiger partial charge in [-0.3, -0.25) is 14.4 Å². The Morgan fingerprint density at radius 3 is 2.11 bits per heavy atom. The number of rotatable bonds is 7. The average molecular weight is 368 g/mol. The summed E-state index contributed by atoms with van der Waals surface area (Å²) in [6.45, 7) is 2.00. The van der Waals surface area contributed by atoms with Gasteiger partial charge in [0.1, 0.15) is 0 Å². The van der Waals surface area contributed by atoms with Crippen LogP contribution in [0.1, 0.15) is 30.1 Å². The van der Waals surface area contributed by atoms with E-state index in [1.165, 1.54) is 0 Å². The fraction of sp³-hybridized carbons (Fsp3) is 0.500. The van der Waals surface area contributed by atoms with Gasteiger partial charge in [-0.05, 0) is 36.5 Å². The molecule has 27 heavy (non-hydrogen) atoms. The summed E-state index contributed by atoms with van der Waals surface area (Å²) in [5, 5.41) is 0. The van der Waals surface area contributed by atoms with Crippen molar-refractivity contribution in [2.75, 3.05) is 13.2 Å². The topological polar surface area (TPSA) is 69.7 Å². The number of ether oxygens (including phenoxy) is 2. The highest BCUT2D eigenvalue weighted by atomic mass is 16.5. The summed E-state index contributed by atoms with van der Waals surface area (Å²) in [7, 11) is 0. The number of carbonyl (C=O) groups excluding carboxylic acids is 3. The second-order valence-electron chi connectivity index (χ2n) is 7.72. The molecule has 0 aromatic heterocycles. The van der Waals surface area contributed by atoms with E-state index in [4.69, 9.17) is 9.47 Å². The lowest BCUT2D eigenvalue weighted by Gasteiger charge is -2.41. The average Bonchev–Trinajstić information content (AvgIpc) is 3.52. The Morgan fingerprint density at radius 2 is 1.52 bits per heavy atom. The highest BCUT2D eigenvalue weighted by Crippen LogP contribution is 2.63. The molecule has 0 aliphatic heterocycles. The van der Waals surface area contributed by atoms with Crippen molar-refractivity contribution < 1.29 is 23.9 Å². The van der Waals surface area contributed by atoms with Crippen molar-refractivity contribution in [2.45, 2.75) is 19.8 Å². The van der Waals surface area contributed by atoms with E-state index in [1.807, 2.05) is 13.0 Å². The third-order valence-corrected chi connectivity index (χ3v) is 6.09. The summed E-state index contributed by atoms with van der Waals surface area (Å²) >= 11 is 0. The van der Waals surface area contributed by atoms with E-state index in [2.05, 4.69) is 12.2 Å². The van der Waals surface area contributed by atoms with Gasteiger partial charge in [-0.15, -0.1) is 0 Å². The first-order valence-electron chi connectivity index (χ1n) is 9.71. The number of benzene rings is 1. The van der Waals surface area contributed by atoms with Crippen LogP contribution < -0.4 is 0 Å². The first kappa shape index (κ1) is 18.0. The van der Waals surface area contributed by atoms with E-state index in [9.17, 15) is 14.4 Å². The number of ketones is 1. The number of Topliss-reactive ketones (excluding diaryl/α,β-unsaturated/α-hetero) is 1. The Hall–Kier alpha value is -2.43. The number of hydrogen-bond acceptors (Lipinski definition) is 5. The van der Waals surface area contributed by atoms with Crippen molar-refractivity contribution in [3.8, 4) is 0 Å². The molecule has 0 unspecified atom stereocenters. The number of carbonyl (C=O) groups is 3. The van der Waals surface area contributed by atoms with Gasteiger partial charge in [0.05, 0.1) is 18.4 Å². The van der Waals surface area contributed by atoms with Gasteiger partial charge in [-0.2, -0.15) is 0 Å². The van der Waals surface area contributed by atoms with Crippen LogP contribution in [0, 0.1) is 35.5 Å². The second-order valence-corrected chi connectivity index (χ2v) is 7.72. The first-order valence-corrected chi connectivity index (χ1v) is 9.71. The molecule has 5 rings (SSSR count). The van der Waals surface area contributed by atoms with Crippen LogP contribution in [0.4, 0.5) is 0 Å². The van der Waals surface area contributed by atoms with Gasteiger partial charge in [0, 0.05) is 5.56 Å². The summed E-state index contributed by atoms with van der Waals surface area (Å²) in [4.78, 5) is 37.8. The third kappa shape index (κ3) is 3.31. The SMILES string of the molecule is CCCOC(=O)[C@@H]1[C@H]2C=C[C@H]([C@H]3C[C@H]23)[C@@H]1C(=O)OCC(=O)c1ccccc1. The lowest BCUT2D eigenvalue weighted by Crippen LogP contribution is -2.48. The van der Waals surface area contributed by atoms with Crippen molar-refractivity contribution in [3.63, 3.8) is 0 Å². The largest absolute Gasteiger partial charge is 0.465 e. The summed E-state index contributed by atoms with van der Waals surface area (Å²) in [6, 6.07) is 8.76. The molecule has 2 bridgehead atoms. The maximum Gasteiger partial charge on any atom is 0.310 e. The fourth-order valence-corrected chi connectivity index (χ4v) is 4.76. The smallest absolute Gasteiger partial charge is 0.310 e. The minimum Gasteiger partial charge on any atom is -0.465 e. The van der Waals surface area contributed by atoms with Crippen LogP contribution >= 0.6 is 0 Å². The van der Waals surface area contributed by atoms with Crippen LogP contribution in [-0.4, -0.2) is 30.9 Å². The fourth-order valence-electron chi connectivity index (χ4n) is 4.76. The Morgan fingerprint density at radius 1 is 0.926 bits per heavy atom. The van der Waals surface area contributed by atoms with Gasteiger partial charge in [0.25, 0.3) is 0 Å². The van der Waals surface area contributed by atoms with Gasteiger partial charge in [0.2, 0.25) is 0 Å². The van der Waals surface area contributed by atoms with Crippen LogP contribution in [0.15, 0.2) is 42.5 Å². The summed E-state index contributed by atoms with van der Waals surface area (Å²) in [6.07, 6.45) is 5.94. The van der Waals surface area contributed by atoms with Crippen molar-refractivity contribution in [1.82, 2.24) is 0 Å².